The Morgan fingerprint density at radius 1 is 1.16 bits per heavy atom. The number of esters is 1. The molecule has 2 aromatic carbocycles. The van der Waals surface area contributed by atoms with Gasteiger partial charge in [-0.2, -0.15) is 0 Å². The third kappa shape index (κ3) is 3.99. The Morgan fingerprint density at radius 2 is 1.96 bits per heavy atom. The molecule has 0 atom stereocenters. The van der Waals surface area contributed by atoms with E-state index in [0.29, 0.717) is 12.5 Å². The van der Waals surface area contributed by atoms with Crippen molar-refractivity contribution in [2.24, 2.45) is 5.92 Å². The largest absolute Gasteiger partial charge is 0.464 e. The molecule has 0 aliphatic rings. The second kappa shape index (κ2) is 7.38. The third-order valence-electron chi connectivity index (χ3n) is 3.95. The highest BCUT2D eigenvalue weighted by atomic mass is 16.5. The fraction of sp³-hybridized carbons (Fsp3) is 0.300. The Balaban J connectivity index is 1.69. The molecule has 0 fully saturated rings. The summed E-state index contributed by atoms with van der Waals surface area (Å²) >= 11 is 0. The van der Waals surface area contributed by atoms with Gasteiger partial charge >= 0.3 is 5.97 Å². The highest BCUT2D eigenvalue weighted by Crippen LogP contribution is 2.30. The zero-order valence-corrected chi connectivity index (χ0v) is 14.4. The molecule has 0 spiro atoms. The molecule has 0 aliphatic carbocycles. The van der Waals surface area contributed by atoms with Crippen molar-refractivity contribution in [1.82, 2.24) is 5.32 Å². The van der Waals surface area contributed by atoms with Crippen molar-refractivity contribution < 1.29 is 18.7 Å². The Morgan fingerprint density at radius 3 is 2.76 bits per heavy atom. The first-order chi connectivity index (χ1) is 12.0. The minimum absolute atomic E-state index is 0.0679. The molecule has 0 unspecified atom stereocenters. The molecule has 25 heavy (non-hydrogen) atoms. The number of ether oxygens (including phenoxy) is 1. The number of carbonyl (C=O) groups excluding carboxylic acids is 2. The van der Waals surface area contributed by atoms with E-state index in [2.05, 4.69) is 5.32 Å². The SMILES string of the molecule is CC(C)CNC(=O)COC(=O)Cc1coc2ccc3ccccc3c12. The van der Waals surface area contributed by atoms with Crippen LogP contribution in [-0.2, 0) is 20.7 Å². The number of furan rings is 1. The lowest BCUT2D eigenvalue weighted by molar-refractivity contribution is -0.147. The zero-order valence-electron chi connectivity index (χ0n) is 14.4. The zero-order chi connectivity index (χ0) is 17.8. The van der Waals surface area contributed by atoms with Gasteiger partial charge in [-0.15, -0.1) is 0 Å². The minimum Gasteiger partial charge on any atom is -0.464 e. The number of hydrogen-bond acceptors (Lipinski definition) is 4. The van der Waals surface area contributed by atoms with Gasteiger partial charge < -0.3 is 14.5 Å². The maximum atomic E-state index is 12.1. The van der Waals surface area contributed by atoms with Gasteiger partial charge in [0.25, 0.3) is 5.91 Å². The van der Waals surface area contributed by atoms with E-state index in [1.165, 1.54) is 0 Å². The number of amides is 1. The number of hydrogen-bond donors (Lipinski definition) is 1. The summed E-state index contributed by atoms with van der Waals surface area (Å²) in [6.45, 7) is 4.30. The first-order valence-corrected chi connectivity index (χ1v) is 8.34. The van der Waals surface area contributed by atoms with E-state index < -0.39 is 5.97 Å². The van der Waals surface area contributed by atoms with Crippen molar-refractivity contribution in [3.63, 3.8) is 0 Å². The van der Waals surface area contributed by atoms with Gasteiger partial charge in [0, 0.05) is 17.5 Å². The molecule has 1 amide bonds. The van der Waals surface area contributed by atoms with Gasteiger partial charge in [0.15, 0.2) is 6.61 Å². The summed E-state index contributed by atoms with van der Waals surface area (Å²) < 4.78 is 10.6. The fourth-order valence-electron chi connectivity index (χ4n) is 2.73. The van der Waals surface area contributed by atoms with Gasteiger partial charge in [0.1, 0.15) is 5.58 Å². The lowest BCUT2D eigenvalue weighted by atomic mass is 10.0. The third-order valence-corrected chi connectivity index (χ3v) is 3.95. The fourth-order valence-corrected chi connectivity index (χ4v) is 2.73. The van der Waals surface area contributed by atoms with Crippen LogP contribution < -0.4 is 5.32 Å². The van der Waals surface area contributed by atoms with Gasteiger partial charge in [-0.1, -0.05) is 44.2 Å². The minimum atomic E-state index is -0.449. The maximum absolute atomic E-state index is 12.1. The van der Waals surface area contributed by atoms with E-state index in [4.69, 9.17) is 9.15 Å². The van der Waals surface area contributed by atoms with E-state index in [-0.39, 0.29) is 18.9 Å². The Kier molecular flexibility index (Phi) is 5.03. The van der Waals surface area contributed by atoms with Gasteiger partial charge in [-0.25, -0.2) is 0 Å². The summed E-state index contributed by atoms with van der Waals surface area (Å²) in [7, 11) is 0. The number of fused-ring (bicyclic) bond motifs is 3. The molecule has 0 aliphatic heterocycles. The topological polar surface area (TPSA) is 68.5 Å². The quantitative estimate of drug-likeness (QED) is 0.699. The number of nitrogens with one attached hydrogen (secondary N) is 1. The molecule has 0 radical (unpaired) electrons. The molecule has 3 rings (SSSR count). The lowest BCUT2D eigenvalue weighted by Gasteiger charge is -2.08. The molecule has 0 saturated heterocycles. The van der Waals surface area contributed by atoms with Gasteiger partial charge in [-0.05, 0) is 22.8 Å². The summed E-state index contributed by atoms with van der Waals surface area (Å²) in [6.07, 6.45) is 1.65. The van der Waals surface area contributed by atoms with Crippen LogP contribution in [0, 0.1) is 5.92 Å². The molecule has 0 bridgehead atoms. The molecule has 130 valence electrons. The summed E-state index contributed by atoms with van der Waals surface area (Å²) in [6, 6.07) is 11.8. The predicted octanol–water partition coefficient (Wildman–Crippen LogP) is 3.44. The molecule has 5 nitrogen and oxygen atoms in total. The predicted molar refractivity (Wildman–Crippen MR) is 96.2 cm³/mol. The number of rotatable bonds is 6. The number of carbonyl (C=O) groups is 2. The molecule has 0 saturated carbocycles. The van der Waals surface area contributed by atoms with Gasteiger partial charge in [0.2, 0.25) is 0 Å². The highest BCUT2D eigenvalue weighted by Gasteiger charge is 2.15. The lowest BCUT2D eigenvalue weighted by Crippen LogP contribution is -2.31. The molecule has 1 heterocycles. The smallest absolute Gasteiger partial charge is 0.310 e. The van der Waals surface area contributed by atoms with Crippen LogP contribution >= 0.6 is 0 Å². The van der Waals surface area contributed by atoms with E-state index in [1.54, 1.807) is 6.26 Å². The standard InChI is InChI=1S/C20H21NO4/c1-13(2)10-21-18(22)12-25-19(23)9-15-11-24-17-8-7-14-5-3-4-6-16(14)20(15)17/h3-8,11,13H,9-10,12H2,1-2H3,(H,21,22). The normalized spacial score (nSPS) is 11.2. The molecule has 3 aromatic rings. The van der Waals surface area contributed by atoms with Crippen molar-refractivity contribution in [2.45, 2.75) is 20.3 Å². The Labute approximate surface area is 145 Å². The van der Waals surface area contributed by atoms with Crippen molar-refractivity contribution in [1.29, 1.82) is 0 Å². The van der Waals surface area contributed by atoms with Crippen LogP contribution in [0.5, 0.6) is 0 Å². The monoisotopic (exact) mass is 339 g/mol. The molecule has 5 heteroatoms. The number of benzene rings is 2. The van der Waals surface area contributed by atoms with Crippen LogP contribution in [0.1, 0.15) is 19.4 Å². The van der Waals surface area contributed by atoms with Gasteiger partial charge in [0.05, 0.1) is 12.7 Å². The van der Waals surface area contributed by atoms with E-state index in [0.717, 1.165) is 27.3 Å². The van der Waals surface area contributed by atoms with Crippen LogP contribution in [0.3, 0.4) is 0 Å². The molecular formula is C20H21NO4. The summed E-state index contributed by atoms with van der Waals surface area (Å²) in [4.78, 5) is 23.7. The van der Waals surface area contributed by atoms with Crippen LogP contribution in [0.2, 0.25) is 0 Å². The Hall–Kier alpha value is -2.82. The average molecular weight is 339 g/mol. The van der Waals surface area contributed by atoms with E-state index in [9.17, 15) is 9.59 Å². The summed E-state index contributed by atoms with van der Waals surface area (Å²) in [5.74, 6) is -0.384. The van der Waals surface area contributed by atoms with Crippen molar-refractivity contribution in [3.8, 4) is 0 Å². The molecule has 1 aromatic heterocycles. The van der Waals surface area contributed by atoms with Crippen LogP contribution in [0.4, 0.5) is 0 Å². The van der Waals surface area contributed by atoms with Crippen molar-refractivity contribution in [2.75, 3.05) is 13.2 Å². The van der Waals surface area contributed by atoms with Crippen molar-refractivity contribution >= 4 is 33.6 Å². The maximum Gasteiger partial charge on any atom is 0.310 e. The first kappa shape index (κ1) is 17.0. The van der Waals surface area contributed by atoms with E-state index >= 15 is 0 Å². The Bertz CT molecular complexity index is 910. The van der Waals surface area contributed by atoms with Crippen molar-refractivity contribution in [3.05, 3.63) is 48.2 Å². The molecular weight excluding hydrogens is 318 g/mol. The molecule has 1 N–H and O–H groups in total. The highest BCUT2D eigenvalue weighted by molar-refractivity contribution is 6.08. The second-order valence-corrected chi connectivity index (χ2v) is 6.46. The van der Waals surface area contributed by atoms with Gasteiger partial charge in [-0.3, -0.25) is 9.59 Å². The van der Waals surface area contributed by atoms with Crippen LogP contribution in [0.25, 0.3) is 21.7 Å². The van der Waals surface area contributed by atoms with E-state index in [1.807, 2.05) is 50.2 Å². The average Bonchev–Trinajstić information content (AvgIpc) is 3.01. The summed E-state index contributed by atoms with van der Waals surface area (Å²) in [5, 5.41) is 5.75. The van der Waals surface area contributed by atoms with Crippen LogP contribution in [-0.4, -0.2) is 25.0 Å². The second-order valence-electron chi connectivity index (χ2n) is 6.46. The first-order valence-electron chi connectivity index (χ1n) is 8.34. The summed E-state index contributed by atoms with van der Waals surface area (Å²) in [5.41, 5.74) is 1.50. The van der Waals surface area contributed by atoms with Crippen LogP contribution in [0.15, 0.2) is 47.1 Å².